The maximum atomic E-state index is 12.4. The molecule has 0 fully saturated rings. The van der Waals surface area contributed by atoms with Gasteiger partial charge in [0.25, 0.3) is 11.6 Å². The van der Waals surface area contributed by atoms with E-state index in [1.54, 1.807) is 30.3 Å². The number of nitro benzene ring substituents is 1. The van der Waals surface area contributed by atoms with E-state index in [-0.39, 0.29) is 29.3 Å². The third-order valence-electron chi connectivity index (χ3n) is 4.55. The van der Waals surface area contributed by atoms with Crippen LogP contribution in [0.1, 0.15) is 37.4 Å². The number of rotatable bonds is 9. The molecule has 168 valence electrons. The van der Waals surface area contributed by atoms with E-state index in [4.69, 9.17) is 5.11 Å². The number of anilines is 1. The van der Waals surface area contributed by atoms with Crippen molar-refractivity contribution in [3.05, 3.63) is 98.7 Å². The number of aliphatic hydroxyl groups excluding tert-OH is 1. The van der Waals surface area contributed by atoms with E-state index in [9.17, 15) is 24.8 Å². The average Bonchev–Trinajstić information content (AvgIpc) is 2.83. The topological polar surface area (TPSA) is 167 Å². The lowest BCUT2D eigenvalue weighted by atomic mass is 10.1. The summed E-state index contributed by atoms with van der Waals surface area (Å²) < 4.78 is 0. The number of carbonyl (C=O) groups is 2. The highest BCUT2D eigenvalue weighted by atomic mass is 16.6. The Morgan fingerprint density at radius 1 is 1.09 bits per heavy atom. The summed E-state index contributed by atoms with van der Waals surface area (Å²) in [5, 5.41) is 35.8. The van der Waals surface area contributed by atoms with Crippen LogP contribution in [-0.4, -0.2) is 38.2 Å². The predicted molar refractivity (Wildman–Crippen MR) is 119 cm³/mol. The molecule has 3 aromatic rings. The zero-order valence-corrected chi connectivity index (χ0v) is 17.1. The lowest BCUT2D eigenvalue weighted by molar-refractivity contribution is -0.385. The minimum absolute atomic E-state index is 0.0683. The van der Waals surface area contributed by atoms with Crippen LogP contribution in [0.2, 0.25) is 0 Å². The van der Waals surface area contributed by atoms with E-state index in [0.717, 1.165) is 0 Å². The van der Waals surface area contributed by atoms with Crippen molar-refractivity contribution in [3.63, 3.8) is 0 Å². The average molecular weight is 449 g/mol. The fourth-order valence-electron chi connectivity index (χ4n) is 2.79. The number of pyridine rings is 1. The lowest BCUT2D eigenvalue weighted by Gasteiger charge is -2.07. The van der Waals surface area contributed by atoms with E-state index < -0.39 is 17.5 Å². The number of carboxylic acids is 1. The zero-order valence-electron chi connectivity index (χ0n) is 17.1. The number of nitro groups is 1. The summed E-state index contributed by atoms with van der Waals surface area (Å²) in [6.45, 7) is -0.353. The standard InChI is InChI=1S/C22H19N5O6/c28-13-18-6-3-15(9-19(18)27(32)33)10-24-21(29)16-4-1-14(2-5-16)11-25-26-20-8-7-17(12-23-20)22(30)31/h1-9,11-12,28H,10,13H2,(H,23,26)(H,24,29)(H,30,31). The molecule has 4 N–H and O–H groups in total. The van der Waals surface area contributed by atoms with Gasteiger partial charge in [-0.25, -0.2) is 9.78 Å². The maximum Gasteiger partial charge on any atom is 0.337 e. The Bertz CT molecular complexity index is 1190. The van der Waals surface area contributed by atoms with Crippen LogP contribution in [-0.2, 0) is 13.2 Å². The van der Waals surface area contributed by atoms with Gasteiger partial charge in [-0.15, -0.1) is 0 Å². The van der Waals surface area contributed by atoms with Gasteiger partial charge in [0.15, 0.2) is 0 Å². The van der Waals surface area contributed by atoms with Gasteiger partial charge in [-0.2, -0.15) is 5.10 Å². The van der Waals surface area contributed by atoms with Crippen LogP contribution in [0.15, 0.2) is 65.9 Å². The second-order valence-electron chi connectivity index (χ2n) is 6.79. The number of amides is 1. The molecule has 0 aliphatic carbocycles. The quantitative estimate of drug-likeness (QED) is 0.220. The van der Waals surface area contributed by atoms with Gasteiger partial charge < -0.3 is 15.5 Å². The molecular weight excluding hydrogens is 430 g/mol. The smallest absolute Gasteiger partial charge is 0.337 e. The molecule has 11 nitrogen and oxygen atoms in total. The minimum atomic E-state index is -1.07. The highest BCUT2D eigenvalue weighted by Gasteiger charge is 2.14. The zero-order chi connectivity index (χ0) is 23.8. The van der Waals surface area contributed by atoms with Gasteiger partial charge >= 0.3 is 5.97 Å². The molecule has 0 aliphatic heterocycles. The molecule has 33 heavy (non-hydrogen) atoms. The number of hydrazone groups is 1. The largest absolute Gasteiger partial charge is 0.478 e. The molecular formula is C22H19N5O6. The second kappa shape index (κ2) is 10.6. The fraction of sp³-hybridized carbons (Fsp3) is 0.0909. The molecule has 0 atom stereocenters. The summed E-state index contributed by atoms with van der Waals surface area (Å²) in [4.78, 5) is 37.6. The van der Waals surface area contributed by atoms with Crippen LogP contribution in [0.4, 0.5) is 11.5 Å². The number of aromatic nitrogens is 1. The van der Waals surface area contributed by atoms with Gasteiger partial charge in [0.2, 0.25) is 0 Å². The van der Waals surface area contributed by atoms with Crippen LogP contribution >= 0.6 is 0 Å². The van der Waals surface area contributed by atoms with Gasteiger partial charge in [0.05, 0.1) is 28.9 Å². The normalized spacial score (nSPS) is 10.7. The molecule has 0 saturated carbocycles. The molecule has 0 aliphatic rings. The summed E-state index contributed by atoms with van der Waals surface area (Å²) in [5.74, 6) is -1.05. The number of aromatic carboxylic acids is 1. The number of carbonyl (C=O) groups excluding carboxylic acids is 1. The first-order valence-corrected chi connectivity index (χ1v) is 9.61. The van der Waals surface area contributed by atoms with Crippen LogP contribution in [0, 0.1) is 10.1 Å². The molecule has 3 rings (SSSR count). The summed E-state index contributed by atoms with van der Waals surface area (Å²) in [5.41, 5.74) is 4.39. The molecule has 0 radical (unpaired) electrons. The summed E-state index contributed by atoms with van der Waals surface area (Å²) in [6.07, 6.45) is 2.73. The summed E-state index contributed by atoms with van der Waals surface area (Å²) >= 11 is 0. The Morgan fingerprint density at radius 3 is 2.42 bits per heavy atom. The number of hydrogen-bond acceptors (Lipinski definition) is 8. The van der Waals surface area contributed by atoms with Gasteiger partial charge in [-0.1, -0.05) is 18.2 Å². The van der Waals surface area contributed by atoms with Crippen LogP contribution < -0.4 is 10.7 Å². The van der Waals surface area contributed by atoms with Crippen molar-refractivity contribution >= 4 is 29.6 Å². The molecule has 1 aromatic heterocycles. The first kappa shape index (κ1) is 23.0. The first-order chi connectivity index (χ1) is 15.9. The third-order valence-corrected chi connectivity index (χ3v) is 4.55. The summed E-state index contributed by atoms with van der Waals surface area (Å²) in [7, 11) is 0. The predicted octanol–water partition coefficient (Wildman–Crippen LogP) is 2.56. The lowest BCUT2D eigenvalue weighted by Crippen LogP contribution is -2.22. The van der Waals surface area contributed by atoms with Gasteiger partial charge in [-0.05, 0) is 41.5 Å². The van der Waals surface area contributed by atoms with Crippen LogP contribution in [0.3, 0.4) is 0 Å². The Hall–Kier alpha value is -4.64. The third kappa shape index (κ3) is 6.18. The second-order valence-corrected chi connectivity index (χ2v) is 6.79. The fourth-order valence-corrected chi connectivity index (χ4v) is 2.79. The Kier molecular flexibility index (Phi) is 7.39. The Labute approximate surface area is 187 Å². The van der Waals surface area contributed by atoms with Crippen molar-refractivity contribution in [2.24, 2.45) is 5.10 Å². The number of nitrogens with zero attached hydrogens (tertiary/aromatic N) is 3. The number of hydrogen-bond donors (Lipinski definition) is 4. The molecule has 1 amide bonds. The van der Waals surface area contributed by atoms with Crippen molar-refractivity contribution < 1.29 is 24.7 Å². The van der Waals surface area contributed by atoms with Crippen LogP contribution in [0.5, 0.6) is 0 Å². The molecule has 1 heterocycles. The van der Waals surface area contributed by atoms with Crippen molar-refractivity contribution in [2.75, 3.05) is 5.43 Å². The Balaban J connectivity index is 1.55. The molecule has 0 unspecified atom stereocenters. The van der Waals surface area contributed by atoms with Crippen molar-refractivity contribution in [3.8, 4) is 0 Å². The molecule has 11 heteroatoms. The van der Waals surface area contributed by atoms with Gasteiger partial charge in [0, 0.05) is 24.4 Å². The van der Waals surface area contributed by atoms with E-state index in [1.807, 2.05) is 0 Å². The number of nitrogens with one attached hydrogen (secondary N) is 2. The van der Waals surface area contributed by atoms with E-state index >= 15 is 0 Å². The summed E-state index contributed by atoms with van der Waals surface area (Å²) in [6, 6.07) is 13.8. The monoisotopic (exact) mass is 449 g/mol. The molecule has 2 aromatic carbocycles. The maximum absolute atomic E-state index is 12.4. The van der Waals surface area contributed by atoms with Crippen LogP contribution in [0.25, 0.3) is 0 Å². The molecule has 0 saturated heterocycles. The van der Waals surface area contributed by atoms with Crippen molar-refractivity contribution in [1.29, 1.82) is 0 Å². The van der Waals surface area contributed by atoms with E-state index in [0.29, 0.717) is 22.5 Å². The molecule has 0 bridgehead atoms. The SMILES string of the molecule is O=C(O)c1ccc(NN=Cc2ccc(C(=O)NCc3ccc(CO)c([N+](=O)[O-])c3)cc2)nc1. The Morgan fingerprint density at radius 2 is 1.82 bits per heavy atom. The van der Waals surface area contributed by atoms with E-state index in [1.165, 1.54) is 36.7 Å². The van der Waals surface area contributed by atoms with Gasteiger partial charge in [0.1, 0.15) is 5.82 Å². The number of carboxylic acid groups (broad SMARTS) is 1. The highest BCUT2D eigenvalue weighted by Crippen LogP contribution is 2.20. The van der Waals surface area contributed by atoms with Crippen molar-refractivity contribution in [2.45, 2.75) is 13.2 Å². The first-order valence-electron chi connectivity index (χ1n) is 9.61. The number of benzene rings is 2. The highest BCUT2D eigenvalue weighted by molar-refractivity contribution is 5.95. The van der Waals surface area contributed by atoms with E-state index in [2.05, 4.69) is 20.8 Å². The van der Waals surface area contributed by atoms with Gasteiger partial charge in [-0.3, -0.25) is 20.3 Å². The van der Waals surface area contributed by atoms with Crippen molar-refractivity contribution in [1.82, 2.24) is 10.3 Å². The minimum Gasteiger partial charge on any atom is -0.478 e. The molecule has 0 spiro atoms. The number of aliphatic hydroxyl groups is 1.